The van der Waals surface area contributed by atoms with Gasteiger partial charge in [0.15, 0.2) is 10.9 Å². The molecule has 0 saturated heterocycles. The molecule has 144 valence electrons. The van der Waals surface area contributed by atoms with E-state index in [0.29, 0.717) is 11.6 Å². The average Bonchev–Trinajstić information content (AvgIpc) is 3.10. The van der Waals surface area contributed by atoms with Gasteiger partial charge < -0.3 is 4.74 Å². The van der Waals surface area contributed by atoms with Gasteiger partial charge in [-0.1, -0.05) is 28.1 Å². The van der Waals surface area contributed by atoms with E-state index in [9.17, 15) is 14.9 Å². The zero-order valence-electron chi connectivity index (χ0n) is 15.1. The molecule has 0 aliphatic carbocycles. The Labute approximate surface area is 173 Å². The van der Waals surface area contributed by atoms with Crippen LogP contribution < -0.4 is 10.1 Å². The summed E-state index contributed by atoms with van der Waals surface area (Å²) in [6, 6.07) is 10.2. The number of nitro groups is 1. The second-order valence-electron chi connectivity index (χ2n) is 5.99. The summed E-state index contributed by atoms with van der Waals surface area (Å²) in [5.41, 5.74) is 2.19. The number of benzene rings is 2. The molecule has 3 rings (SSSR count). The Hall–Kier alpha value is -2.78. The molecule has 0 spiro atoms. The first-order valence-corrected chi connectivity index (χ1v) is 9.82. The summed E-state index contributed by atoms with van der Waals surface area (Å²) in [5, 5.41) is 14.2. The number of hydrogen-bond acceptors (Lipinski definition) is 6. The number of nitro benzene ring substituents is 1. The summed E-state index contributed by atoms with van der Waals surface area (Å²) in [6.07, 6.45) is 2.42. The van der Waals surface area contributed by atoms with Crippen molar-refractivity contribution in [3.63, 3.8) is 0 Å². The van der Waals surface area contributed by atoms with Crippen LogP contribution in [0.25, 0.3) is 0 Å². The van der Waals surface area contributed by atoms with E-state index < -0.39 is 10.8 Å². The van der Waals surface area contributed by atoms with Gasteiger partial charge in [0.25, 0.3) is 5.91 Å². The van der Waals surface area contributed by atoms with Crippen molar-refractivity contribution in [2.45, 2.75) is 13.3 Å². The van der Waals surface area contributed by atoms with Gasteiger partial charge in [0.1, 0.15) is 0 Å². The van der Waals surface area contributed by atoms with Crippen LogP contribution in [0.4, 0.5) is 10.8 Å². The predicted molar refractivity (Wildman–Crippen MR) is 111 cm³/mol. The molecular weight excluding hydrogens is 446 g/mol. The molecule has 3 aromatic rings. The fraction of sp³-hybridized carbons (Fsp3) is 0.158. The van der Waals surface area contributed by atoms with Gasteiger partial charge in [0, 0.05) is 33.6 Å². The first kappa shape index (κ1) is 20.0. The minimum Gasteiger partial charge on any atom is -0.490 e. The van der Waals surface area contributed by atoms with Crippen molar-refractivity contribution in [1.29, 1.82) is 0 Å². The highest BCUT2D eigenvalue weighted by atomic mass is 79.9. The van der Waals surface area contributed by atoms with Gasteiger partial charge in [0.2, 0.25) is 0 Å². The van der Waals surface area contributed by atoms with Gasteiger partial charge in [0.05, 0.1) is 12.0 Å². The number of thiazole rings is 1. The summed E-state index contributed by atoms with van der Waals surface area (Å²) in [4.78, 5) is 28.2. The summed E-state index contributed by atoms with van der Waals surface area (Å²) >= 11 is 4.85. The lowest BCUT2D eigenvalue weighted by Gasteiger charge is -2.05. The first-order chi connectivity index (χ1) is 13.4. The molecule has 1 amide bonds. The molecule has 0 bridgehead atoms. The van der Waals surface area contributed by atoms with Crippen LogP contribution in [0, 0.1) is 17.0 Å². The highest BCUT2D eigenvalue weighted by Crippen LogP contribution is 2.28. The van der Waals surface area contributed by atoms with Crippen LogP contribution >= 0.6 is 27.3 Å². The number of halogens is 1. The monoisotopic (exact) mass is 461 g/mol. The van der Waals surface area contributed by atoms with E-state index in [-0.39, 0.29) is 17.0 Å². The number of carbonyl (C=O) groups is 1. The molecule has 1 N–H and O–H groups in total. The topological polar surface area (TPSA) is 94.4 Å². The van der Waals surface area contributed by atoms with Crippen molar-refractivity contribution >= 4 is 44.0 Å². The fourth-order valence-electron chi connectivity index (χ4n) is 2.61. The number of amides is 1. The second-order valence-corrected chi connectivity index (χ2v) is 7.96. The van der Waals surface area contributed by atoms with Crippen LogP contribution in [0.5, 0.6) is 5.75 Å². The van der Waals surface area contributed by atoms with E-state index in [2.05, 4.69) is 32.3 Å². The number of ether oxygens (including phenoxy) is 1. The SMILES string of the molecule is COc1ccc(C(=O)Nc2ncc(Cc3ccc(Br)c(C)c3)s2)cc1[N+](=O)[O-]. The lowest BCUT2D eigenvalue weighted by molar-refractivity contribution is -0.385. The van der Waals surface area contributed by atoms with Gasteiger partial charge in [-0.2, -0.15) is 0 Å². The molecule has 1 heterocycles. The van der Waals surface area contributed by atoms with Crippen LogP contribution in [-0.2, 0) is 6.42 Å². The Morgan fingerprint density at radius 1 is 1.32 bits per heavy atom. The van der Waals surface area contributed by atoms with Crippen LogP contribution in [0.15, 0.2) is 47.1 Å². The van der Waals surface area contributed by atoms with Gasteiger partial charge >= 0.3 is 5.69 Å². The molecule has 0 fully saturated rings. The van der Waals surface area contributed by atoms with Crippen LogP contribution in [0.3, 0.4) is 0 Å². The maximum atomic E-state index is 12.4. The minimum atomic E-state index is -0.586. The van der Waals surface area contributed by atoms with Gasteiger partial charge in [-0.25, -0.2) is 4.98 Å². The van der Waals surface area contributed by atoms with E-state index in [0.717, 1.165) is 20.5 Å². The molecule has 0 unspecified atom stereocenters. The molecule has 7 nitrogen and oxygen atoms in total. The summed E-state index contributed by atoms with van der Waals surface area (Å²) in [6.45, 7) is 2.03. The number of methoxy groups -OCH3 is 1. The molecule has 0 saturated carbocycles. The number of aromatic nitrogens is 1. The molecular formula is C19H16BrN3O4S. The summed E-state index contributed by atoms with van der Waals surface area (Å²) in [7, 11) is 1.34. The molecule has 0 radical (unpaired) electrons. The maximum absolute atomic E-state index is 12.4. The number of hydrogen-bond donors (Lipinski definition) is 1. The van der Waals surface area contributed by atoms with Crippen molar-refractivity contribution in [3.05, 3.63) is 78.7 Å². The van der Waals surface area contributed by atoms with Crippen molar-refractivity contribution < 1.29 is 14.5 Å². The van der Waals surface area contributed by atoms with Crippen molar-refractivity contribution in [2.24, 2.45) is 0 Å². The lowest BCUT2D eigenvalue weighted by Crippen LogP contribution is -2.12. The van der Waals surface area contributed by atoms with Gasteiger partial charge in [-0.15, -0.1) is 11.3 Å². The number of aryl methyl sites for hydroxylation is 1. The van der Waals surface area contributed by atoms with Crippen LogP contribution in [0.1, 0.15) is 26.4 Å². The standard InChI is InChI=1S/C19H16BrN3O4S/c1-11-7-12(3-5-15(11)20)8-14-10-21-19(28-14)22-18(24)13-4-6-17(27-2)16(9-13)23(25)26/h3-7,9-10H,8H2,1-2H3,(H,21,22,24). The molecule has 1 aromatic heterocycles. The van der Waals surface area contributed by atoms with Crippen LogP contribution in [0.2, 0.25) is 0 Å². The molecule has 2 aromatic carbocycles. The Morgan fingerprint density at radius 2 is 2.11 bits per heavy atom. The minimum absolute atomic E-state index is 0.0999. The van der Waals surface area contributed by atoms with Crippen molar-refractivity contribution in [1.82, 2.24) is 4.98 Å². The van der Waals surface area contributed by atoms with E-state index in [4.69, 9.17) is 4.74 Å². The Bertz CT molecular complexity index is 1050. The Morgan fingerprint density at radius 3 is 2.79 bits per heavy atom. The summed E-state index contributed by atoms with van der Waals surface area (Å²) < 4.78 is 6.01. The smallest absolute Gasteiger partial charge is 0.311 e. The third-order valence-corrected chi connectivity index (χ3v) is 5.81. The van der Waals surface area contributed by atoms with E-state index in [1.54, 1.807) is 6.20 Å². The van der Waals surface area contributed by atoms with E-state index in [1.165, 1.54) is 36.6 Å². The summed E-state index contributed by atoms with van der Waals surface area (Å²) in [5.74, 6) is -0.367. The normalized spacial score (nSPS) is 10.5. The molecule has 0 atom stereocenters. The zero-order valence-corrected chi connectivity index (χ0v) is 17.5. The average molecular weight is 462 g/mol. The predicted octanol–water partition coefficient (Wildman–Crippen LogP) is 4.97. The van der Waals surface area contributed by atoms with Gasteiger partial charge in [-0.3, -0.25) is 20.2 Å². The number of nitrogens with one attached hydrogen (secondary N) is 1. The second kappa shape index (κ2) is 8.49. The van der Waals surface area contributed by atoms with Crippen LogP contribution in [-0.4, -0.2) is 22.9 Å². The highest BCUT2D eigenvalue weighted by Gasteiger charge is 2.19. The molecule has 0 aliphatic heterocycles. The van der Waals surface area contributed by atoms with Gasteiger partial charge in [-0.05, 0) is 36.2 Å². The molecule has 0 aliphatic rings. The number of carbonyl (C=O) groups excluding carboxylic acids is 1. The van der Waals surface area contributed by atoms with Crippen molar-refractivity contribution in [3.8, 4) is 5.75 Å². The fourth-order valence-corrected chi connectivity index (χ4v) is 3.70. The van der Waals surface area contributed by atoms with E-state index >= 15 is 0 Å². The maximum Gasteiger partial charge on any atom is 0.311 e. The molecule has 9 heteroatoms. The Balaban J connectivity index is 1.72. The third-order valence-electron chi connectivity index (χ3n) is 4.01. The van der Waals surface area contributed by atoms with Crippen molar-refractivity contribution in [2.75, 3.05) is 12.4 Å². The Kier molecular flexibility index (Phi) is 6.05. The number of rotatable bonds is 6. The van der Waals surface area contributed by atoms with E-state index in [1.807, 2.05) is 19.1 Å². The lowest BCUT2D eigenvalue weighted by atomic mass is 10.1. The quantitative estimate of drug-likeness (QED) is 0.412. The number of nitrogens with zero attached hydrogens (tertiary/aromatic N) is 2. The third kappa shape index (κ3) is 4.55. The number of anilines is 1. The first-order valence-electron chi connectivity index (χ1n) is 8.21. The molecule has 28 heavy (non-hydrogen) atoms. The zero-order chi connectivity index (χ0) is 20.3. The largest absolute Gasteiger partial charge is 0.490 e. The highest BCUT2D eigenvalue weighted by molar-refractivity contribution is 9.10.